The molecule has 2 bridgehead atoms. The Morgan fingerprint density at radius 1 is 1.04 bits per heavy atom. The Balaban J connectivity index is 1.22. The first kappa shape index (κ1) is 31.5. The number of alkyl halides is 1. The summed E-state index contributed by atoms with van der Waals surface area (Å²) in [6.45, 7) is -1.57. The average molecular weight is 707 g/mol. The van der Waals surface area contributed by atoms with Crippen LogP contribution in [-0.2, 0) is 41.4 Å². The second-order valence-electron chi connectivity index (χ2n) is 10.3. The van der Waals surface area contributed by atoms with Crippen molar-refractivity contribution in [3.05, 3.63) is 27.9 Å². The summed E-state index contributed by atoms with van der Waals surface area (Å²) in [6.07, 6.45) is -10.1. The number of phosphoric ester groups is 2. The Morgan fingerprint density at radius 3 is 2.50 bits per heavy atom. The van der Waals surface area contributed by atoms with Gasteiger partial charge in [0.25, 0.3) is 5.56 Å². The fraction of sp³-hybridized carbons (Fsp3) is 0.524. The smallest absolute Gasteiger partial charge is 0.382 e. The molecule has 0 amide bonds. The molecule has 248 valence electrons. The number of rotatable bonds is 3. The molecule has 4 aromatic heterocycles. The molecule has 7 N–H and O–H groups in total. The monoisotopic (exact) mass is 707 g/mol. The summed E-state index contributed by atoms with van der Waals surface area (Å²) in [7, 11) is -8.95. The molecule has 3 fully saturated rings. The van der Waals surface area contributed by atoms with Gasteiger partial charge in [-0.05, 0) is 11.5 Å². The van der Waals surface area contributed by atoms with Crippen LogP contribution in [0, 0.1) is 0 Å². The Kier molecular flexibility index (Phi) is 7.94. The molecule has 0 radical (unpaired) electrons. The molecule has 3 aliphatic rings. The van der Waals surface area contributed by atoms with Crippen molar-refractivity contribution >= 4 is 61.1 Å². The molecule has 46 heavy (non-hydrogen) atoms. The molecule has 0 aromatic carbocycles. The molecule has 3 saturated heterocycles. The van der Waals surface area contributed by atoms with E-state index in [1.807, 2.05) is 0 Å². The Labute approximate surface area is 259 Å². The number of hydrogen-bond donors (Lipinski definition) is 5. The van der Waals surface area contributed by atoms with Gasteiger partial charge in [-0.25, -0.2) is 28.5 Å². The van der Waals surface area contributed by atoms with Gasteiger partial charge in [-0.15, -0.1) is 0 Å². The maximum atomic E-state index is 16.0. The SMILES string of the molecule is CO[C@H]1[C@H]2OP(=O)(O)OC[C@H]3O[C@@H](c4snc5c(N)ncnc45)[C@@H](F)[C@@H]3OP(=O)(O)OC[C@H]1O[C@H]2n1cnc2c(=O)[nH]c(N)nc21. The first-order chi connectivity index (χ1) is 21.9. The molecule has 3 aliphatic heterocycles. The minimum Gasteiger partial charge on any atom is -0.382 e. The van der Waals surface area contributed by atoms with Crippen molar-refractivity contribution < 1.29 is 55.6 Å². The van der Waals surface area contributed by atoms with E-state index in [2.05, 4.69) is 29.3 Å². The van der Waals surface area contributed by atoms with Crippen LogP contribution >= 0.6 is 27.2 Å². The third-order valence-corrected chi connectivity index (χ3v) is 10.3. The summed E-state index contributed by atoms with van der Waals surface area (Å²) in [6, 6.07) is 0. The first-order valence-electron chi connectivity index (χ1n) is 13.2. The minimum atomic E-state index is -5.09. The van der Waals surface area contributed by atoms with E-state index < -0.39 is 83.4 Å². The van der Waals surface area contributed by atoms with E-state index >= 15 is 4.39 Å². The van der Waals surface area contributed by atoms with Crippen molar-refractivity contribution in [1.82, 2.24) is 33.9 Å². The number of anilines is 2. The lowest BCUT2D eigenvalue weighted by atomic mass is 10.1. The molecule has 0 saturated carbocycles. The number of nitrogens with one attached hydrogen (secondary N) is 1. The van der Waals surface area contributed by atoms with Crippen LogP contribution in [0.1, 0.15) is 17.2 Å². The zero-order valence-electron chi connectivity index (χ0n) is 23.2. The Hall–Kier alpha value is -3.05. The van der Waals surface area contributed by atoms with Crippen LogP contribution in [0.3, 0.4) is 0 Å². The van der Waals surface area contributed by atoms with Gasteiger partial charge < -0.3 is 35.5 Å². The summed E-state index contributed by atoms with van der Waals surface area (Å²) in [4.78, 5) is 52.3. The molecule has 0 spiro atoms. The number of H-pyrrole nitrogens is 1. The van der Waals surface area contributed by atoms with Crippen LogP contribution in [-0.4, -0.2) is 101 Å². The van der Waals surface area contributed by atoms with E-state index in [0.717, 1.165) is 24.2 Å². The molecule has 2 unspecified atom stereocenters. The van der Waals surface area contributed by atoms with E-state index in [1.54, 1.807) is 0 Å². The molecule has 4 aromatic rings. The average Bonchev–Trinajstić information content (AvgIpc) is 3.75. The van der Waals surface area contributed by atoms with Crippen molar-refractivity contribution in [3.8, 4) is 0 Å². The first-order valence-corrected chi connectivity index (χ1v) is 17.0. The second kappa shape index (κ2) is 11.6. The molecule has 25 heteroatoms. The highest BCUT2D eigenvalue weighted by Gasteiger charge is 2.55. The largest absolute Gasteiger partial charge is 0.472 e. The number of aromatic amines is 1. The van der Waals surface area contributed by atoms with Gasteiger partial charge in [-0.1, -0.05) is 0 Å². The maximum absolute atomic E-state index is 16.0. The van der Waals surface area contributed by atoms with E-state index in [9.17, 15) is 23.7 Å². The van der Waals surface area contributed by atoms with Crippen molar-refractivity contribution in [2.45, 2.75) is 49.0 Å². The van der Waals surface area contributed by atoms with Gasteiger partial charge in [-0.2, -0.15) is 9.36 Å². The van der Waals surface area contributed by atoms with Crippen LogP contribution in [0.4, 0.5) is 16.2 Å². The predicted molar refractivity (Wildman–Crippen MR) is 151 cm³/mol. The van der Waals surface area contributed by atoms with Crippen molar-refractivity contribution in [1.29, 1.82) is 0 Å². The van der Waals surface area contributed by atoms with Crippen molar-refractivity contribution in [2.24, 2.45) is 0 Å². The zero-order valence-corrected chi connectivity index (χ0v) is 25.8. The summed E-state index contributed by atoms with van der Waals surface area (Å²) < 4.78 is 86.2. The topological polar surface area (TPSA) is 293 Å². The number of nitrogens with zero attached hydrogens (tertiary/aromatic N) is 6. The molecule has 0 aliphatic carbocycles. The maximum Gasteiger partial charge on any atom is 0.472 e. The van der Waals surface area contributed by atoms with Gasteiger partial charge in [-0.3, -0.25) is 32.4 Å². The van der Waals surface area contributed by atoms with Crippen molar-refractivity contribution in [3.63, 3.8) is 0 Å². The van der Waals surface area contributed by atoms with E-state index in [-0.39, 0.29) is 38.8 Å². The summed E-state index contributed by atoms with van der Waals surface area (Å²) in [5.74, 6) is -0.221. The Bertz CT molecular complexity index is 1960. The third kappa shape index (κ3) is 5.51. The highest BCUT2D eigenvalue weighted by molar-refractivity contribution is 7.47. The summed E-state index contributed by atoms with van der Waals surface area (Å²) in [5.41, 5.74) is 11.0. The lowest BCUT2D eigenvalue weighted by Gasteiger charge is -2.26. The van der Waals surface area contributed by atoms with Gasteiger partial charge in [0.1, 0.15) is 54.0 Å². The van der Waals surface area contributed by atoms with Gasteiger partial charge in [0.15, 0.2) is 29.4 Å². The van der Waals surface area contributed by atoms with Crippen LogP contribution < -0.4 is 17.0 Å². The fourth-order valence-corrected chi connectivity index (χ4v) is 8.25. The number of methoxy groups -OCH3 is 1. The van der Waals surface area contributed by atoms with Crippen LogP contribution in [0.2, 0.25) is 0 Å². The number of halogens is 1. The standard InChI is InChI=1S/C21H24FN9O12P2S/c1-37-13-7-3-39-44(33,34)42-12-6(40-14(8(12)22)16-9-10(30-46-16)17(23)26-4-25-9)2-38-45(35,36)43-15(13)20(41-7)31-5-27-11-18(31)28-21(24)29-19(11)32/h4-8,12-15,20H,2-3H2,1H3,(H,33,34)(H,35,36)(H2,23,25,26)(H3,24,28,29,32)/t6-,7-,8+,12-,13-,14-,15-,20-/m1/s1. The number of nitrogen functional groups attached to an aromatic ring is 2. The van der Waals surface area contributed by atoms with E-state index in [1.165, 1.54) is 11.7 Å². The second-order valence-corrected chi connectivity index (χ2v) is 13.9. The third-order valence-electron chi connectivity index (χ3n) is 7.46. The van der Waals surface area contributed by atoms with E-state index in [0.29, 0.717) is 0 Å². The minimum absolute atomic E-state index is 0.0360. The van der Waals surface area contributed by atoms with Crippen LogP contribution in [0.5, 0.6) is 0 Å². The quantitative estimate of drug-likeness (QED) is 0.176. The highest BCUT2D eigenvalue weighted by atomic mass is 32.1. The van der Waals surface area contributed by atoms with E-state index in [4.69, 9.17) is 43.8 Å². The Morgan fingerprint density at radius 2 is 1.76 bits per heavy atom. The number of imidazole rings is 1. The fourth-order valence-electron chi connectivity index (χ4n) is 5.47. The molecular formula is C21H24FN9O12P2S. The number of hydrogen-bond acceptors (Lipinski definition) is 18. The molecule has 21 nitrogen and oxygen atoms in total. The highest BCUT2D eigenvalue weighted by Crippen LogP contribution is 2.55. The normalized spacial score (nSPS) is 37.1. The number of phosphoric acid groups is 2. The predicted octanol–water partition coefficient (Wildman–Crippen LogP) is 0.0923. The lowest BCUT2D eigenvalue weighted by Crippen LogP contribution is -2.37. The van der Waals surface area contributed by atoms with Gasteiger partial charge in [0.05, 0.1) is 24.4 Å². The molecular weight excluding hydrogens is 683 g/mol. The lowest BCUT2D eigenvalue weighted by molar-refractivity contribution is -0.0637. The summed E-state index contributed by atoms with van der Waals surface area (Å²) in [5, 5.41) is 0. The van der Waals surface area contributed by atoms with Crippen molar-refractivity contribution in [2.75, 3.05) is 31.8 Å². The number of nitrogens with two attached hydrogens (primary N) is 2. The van der Waals surface area contributed by atoms with Crippen LogP contribution in [0.15, 0.2) is 17.4 Å². The van der Waals surface area contributed by atoms with Gasteiger partial charge in [0, 0.05) is 7.11 Å². The molecule has 10 atom stereocenters. The van der Waals surface area contributed by atoms with Gasteiger partial charge >= 0.3 is 15.6 Å². The van der Waals surface area contributed by atoms with Gasteiger partial charge in [0.2, 0.25) is 5.95 Å². The number of fused-ring (bicyclic) bond motifs is 5. The molecule has 7 heterocycles. The molecule has 7 rings (SSSR count). The number of ether oxygens (including phenoxy) is 3. The number of aromatic nitrogens is 7. The zero-order chi connectivity index (χ0) is 32.5. The van der Waals surface area contributed by atoms with Crippen LogP contribution in [0.25, 0.3) is 22.2 Å². The summed E-state index contributed by atoms with van der Waals surface area (Å²) >= 11 is 0.806.